The number of nitrogens with one attached hydrogen (secondary N) is 1. The summed E-state index contributed by atoms with van der Waals surface area (Å²) in [6, 6.07) is 3.71. The van der Waals surface area contributed by atoms with Gasteiger partial charge in [-0.3, -0.25) is 9.48 Å². The molecule has 5 nitrogen and oxygen atoms in total. The molecule has 17 heavy (non-hydrogen) atoms. The number of benzene rings is 1. The summed E-state index contributed by atoms with van der Waals surface area (Å²) in [6.07, 6.45) is 1.47. The van der Waals surface area contributed by atoms with E-state index in [1.54, 1.807) is 7.05 Å². The summed E-state index contributed by atoms with van der Waals surface area (Å²) in [6.45, 7) is 0. The number of aromatic nitrogens is 3. The molecule has 0 aliphatic carbocycles. The molecular formula is C10H8ClFN4O. The summed E-state index contributed by atoms with van der Waals surface area (Å²) >= 11 is 5.77. The molecular weight excluding hydrogens is 247 g/mol. The zero-order chi connectivity index (χ0) is 12.4. The van der Waals surface area contributed by atoms with Gasteiger partial charge in [-0.05, 0) is 18.2 Å². The standard InChI is InChI=1S/C10H8ClFN4O/c1-16-5-9(14-15-16)10(17)13-8-3-2-6(12)4-7(8)11/h2-5H,1H3,(H,13,17). The summed E-state index contributed by atoms with van der Waals surface area (Å²) in [4.78, 5) is 11.7. The first kappa shape index (κ1) is 11.5. The number of hydrogen-bond donors (Lipinski definition) is 1. The fraction of sp³-hybridized carbons (Fsp3) is 0.100. The van der Waals surface area contributed by atoms with Crippen LogP contribution in [0.5, 0.6) is 0 Å². The number of halogens is 2. The summed E-state index contributed by atoms with van der Waals surface area (Å²) in [5, 5.41) is 9.91. The molecule has 1 heterocycles. The number of amides is 1. The second-order valence-electron chi connectivity index (χ2n) is 3.36. The first-order chi connectivity index (χ1) is 8.06. The molecule has 0 unspecified atom stereocenters. The second kappa shape index (κ2) is 4.50. The predicted molar refractivity (Wildman–Crippen MR) is 60.4 cm³/mol. The number of rotatable bonds is 2. The number of carbonyl (C=O) groups is 1. The third-order valence-corrected chi connectivity index (χ3v) is 2.33. The summed E-state index contributed by atoms with van der Waals surface area (Å²) in [7, 11) is 1.65. The maximum Gasteiger partial charge on any atom is 0.277 e. The van der Waals surface area contributed by atoms with E-state index in [2.05, 4.69) is 15.6 Å². The maximum atomic E-state index is 12.8. The highest BCUT2D eigenvalue weighted by molar-refractivity contribution is 6.33. The lowest BCUT2D eigenvalue weighted by atomic mass is 10.3. The number of aryl methyl sites for hydroxylation is 1. The van der Waals surface area contributed by atoms with Gasteiger partial charge >= 0.3 is 0 Å². The van der Waals surface area contributed by atoms with E-state index in [1.165, 1.54) is 23.0 Å². The van der Waals surface area contributed by atoms with Gasteiger partial charge in [-0.15, -0.1) is 5.10 Å². The van der Waals surface area contributed by atoms with E-state index >= 15 is 0 Å². The lowest BCUT2D eigenvalue weighted by Gasteiger charge is -2.04. The minimum Gasteiger partial charge on any atom is -0.319 e. The first-order valence-corrected chi connectivity index (χ1v) is 5.07. The highest BCUT2D eigenvalue weighted by atomic mass is 35.5. The van der Waals surface area contributed by atoms with Gasteiger partial charge in [0.15, 0.2) is 5.69 Å². The lowest BCUT2D eigenvalue weighted by Crippen LogP contribution is -2.12. The SMILES string of the molecule is Cn1cc(C(=O)Nc2ccc(F)cc2Cl)nn1. The van der Waals surface area contributed by atoms with Crippen LogP contribution in [0.25, 0.3) is 0 Å². The fourth-order valence-corrected chi connectivity index (χ4v) is 1.44. The molecule has 0 aliphatic rings. The van der Waals surface area contributed by atoms with Gasteiger partial charge in [0.25, 0.3) is 5.91 Å². The Morgan fingerprint density at radius 1 is 1.53 bits per heavy atom. The molecule has 0 saturated heterocycles. The highest BCUT2D eigenvalue weighted by Gasteiger charge is 2.12. The largest absolute Gasteiger partial charge is 0.319 e. The monoisotopic (exact) mass is 254 g/mol. The zero-order valence-electron chi connectivity index (χ0n) is 8.82. The summed E-state index contributed by atoms with van der Waals surface area (Å²) in [5.74, 6) is -0.917. The van der Waals surface area contributed by atoms with Crippen molar-refractivity contribution in [1.29, 1.82) is 0 Å². The van der Waals surface area contributed by atoms with Gasteiger partial charge in [-0.25, -0.2) is 4.39 Å². The maximum absolute atomic E-state index is 12.8. The predicted octanol–water partition coefficient (Wildman–Crippen LogP) is 1.86. The van der Waals surface area contributed by atoms with Crippen LogP contribution in [0.1, 0.15) is 10.5 Å². The van der Waals surface area contributed by atoms with Crippen LogP contribution < -0.4 is 5.32 Å². The molecule has 88 valence electrons. The molecule has 2 aromatic rings. The number of nitrogens with zero attached hydrogens (tertiary/aromatic N) is 3. The van der Waals surface area contributed by atoms with Crippen molar-refractivity contribution >= 4 is 23.2 Å². The summed E-state index contributed by atoms with van der Waals surface area (Å²) < 4.78 is 14.2. The van der Waals surface area contributed by atoms with Crippen LogP contribution in [0.2, 0.25) is 5.02 Å². The van der Waals surface area contributed by atoms with Crippen LogP contribution in [0.3, 0.4) is 0 Å². The van der Waals surface area contributed by atoms with Gasteiger partial charge in [-0.2, -0.15) is 0 Å². The molecule has 0 atom stereocenters. The normalized spacial score (nSPS) is 10.3. The Bertz CT molecular complexity index is 569. The molecule has 0 radical (unpaired) electrons. The molecule has 0 saturated carbocycles. The van der Waals surface area contributed by atoms with Crippen molar-refractivity contribution in [2.24, 2.45) is 7.05 Å². The summed E-state index contributed by atoms with van der Waals surface area (Å²) in [5.41, 5.74) is 0.483. The number of hydrogen-bond acceptors (Lipinski definition) is 3. The van der Waals surface area contributed by atoms with Crippen molar-refractivity contribution in [3.63, 3.8) is 0 Å². The van der Waals surface area contributed by atoms with Crippen LogP contribution in [-0.4, -0.2) is 20.9 Å². The average molecular weight is 255 g/mol. The van der Waals surface area contributed by atoms with Gasteiger partial charge in [-0.1, -0.05) is 16.8 Å². The van der Waals surface area contributed by atoms with Gasteiger partial charge in [0, 0.05) is 7.05 Å². The molecule has 0 fully saturated rings. The molecule has 1 aromatic carbocycles. The topological polar surface area (TPSA) is 59.8 Å². The third-order valence-electron chi connectivity index (χ3n) is 2.01. The van der Waals surface area contributed by atoms with E-state index in [0.717, 1.165) is 6.07 Å². The average Bonchev–Trinajstić information content (AvgIpc) is 2.69. The Hall–Kier alpha value is -1.95. The van der Waals surface area contributed by atoms with E-state index in [9.17, 15) is 9.18 Å². The van der Waals surface area contributed by atoms with Crippen LogP contribution in [-0.2, 0) is 7.05 Å². The Morgan fingerprint density at radius 3 is 2.88 bits per heavy atom. The van der Waals surface area contributed by atoms with Crippen molar-refractivity contribution in [2.45, 2.75) is 0 Å². The minimum atomic E-state index is -0.465. The zero-order valence-corrected chi connectivity index (χ0v) is 9.57. The third kappa shape index (κ3) is 2.59. The molecule has 0 aliphatic heterocycles. The van der Waals surface area contributed by atoms with E-state index in [-0.39, 0.29) is 10.7 Å². The number of anilines is 1. The molecule has 2 rings (SSSR count). The number of carbonyl (C=O) groups excluding carboxylic acids is 1. The fourth-order valence-electron chi connectivity index (χ4n) is 1.23. The molecule has 1 N–H and O–H groups in total. The van der Waals surface area contributed by atoms with Gasteiger partial charge in [0.2, 0.25) is 0 Å². The minimum absolute atomic E-state index is 0.127. The van der Waals surface area contributed by atoms with Crippen LogP contribution in [0.15, 0.2) is 24.4 Å². The van der Waals surface area contributed by atoms with Crippen LogP contribution >= 0.6 is 11.6 Å². The van der Waals surface area contributed by atoms with E-state index in [0.29, 0.717) is 5.69 Å². The van der Waals surface area contributed by atoms with Crippen molar-refractivity contribution in [3.8, 4) is 0 Å². The second-order valence-corrected chi connectivity index (χ2v) is 3.76. The van der Waals surface area contributed by atoms with Crippen molar-refractivity contribution in [3.05, 3.63) is 40.9 Å². The quantitative estimate of drug-likeness (QED) is 0.890. The van der Waals surface area contributed by atoms with Gasteiger partial charge in [0.1, 0.15) is 5.82 Å². The van der Waals surface area contributed by atoms with Crippen LogP contribution in [0, 0.1) is 5.82 Å². The van der Waals surface area contributed by atoms with E-state index < -0.39 is 11.7 Å². The highest BCUT2D eigenvalue weighted by Crippen LogP contribution is 2.22. The van der Waals surface area contributed by atoms with Gasteiger partial charge < -0.3 is 5.32 Å². The first-order valence-electron chi connectivity index (χ1n) is 4.69. The molecule has 7 heteroatoms. The lowest BCUT2D eigenvalue weighted by molar-refractivity contribution is 0.102. The van der Waals surface area contributed by atoms with Crippen molar-refractivity contribution < 1.29 is 9.18 Å². The van der Waals surface area contributed by atoms with Crippen molar-refractivity contribution in [2.75, 3.05) is 5.32 Å². The van der Waals surface area contributed by atoms with Gasteiger partial charge in [0.05, 0.1) is 16.9 Å². The Kier molecular flexibility index (Phi) is 3.06. The van der Waals surface area contributed by atoms with E-state index in [1.807, 2.05) is 0 Å². The Balaban J connectivity index is 2.18. The smallest absolute Gasteiger partial charge is 0.277 e. The Morgan fingerprint density at radius 2 is 2.29 bits per heavy atom. The van der Waals surface area contributed by atoms with Crippen LogP contribution in [0.4, 0.5) is 10.1 Å². The Labute approximate surface area is 101 Å². The molecule has 1 aromatic heterocycles. The molecule has 1 amide bonds. The van der Waals surface area contributed by atoms with Crippen molar-refractivity contribution in [1.82, 2.24) is 15.0 Å². The molecule has 0 spiro atoms. The van der Waals surface area contributed by atoms with E-state index in [4.69, 9.17) is 11.6 Å². The molecule has 0 bridgehead atoms.